The molecule has 1 aliphatic rings. The molecule has 1 fully saturated rings. The van der Waals surface area contributed by atoms with Crippen molar-refractivity contribution in [2.24, 2.45) is 0 Å². The van der Waals surface area contributed by atoms with Crippen LogP contribution in [-0.2, 0) is 14.1 Å². The predicted octanol–water partition coefficient (Wildman–Crippen LogP) is 2.29. The fourth-order valence-corrected chi connectivity index (χ4v) is 2.43. The van der Waals surface area contributed by atoms with Gasteiger partial charge in [0.05, 0.1) is 17.6 Å². The second-order valence-electron chi connectivity index (χ2n) is 6.57. The third-order valence-corrected chi connectivity index (χ3v) is 4.41. The molecule has 1 heterocycles. The number of rotatable bonds is 4. The Morgan fingerprint density at radius 2 is 1.73 bits per heavy atom. The molecule has 22 heavy (non-hydrogen) atoms. The Hall–Kier alpha value is -1.73. The molecule has 3 N–H and O–H groups in total. The minimum Gasteiger partial charge on any atom is -0.508 e. The Morgan fingerprint density at radius 3 is 2.23 bits per heavy atom. The number of phenols is 2. The average molecular weight is 308 g/mol. The lowest BCUT2D eigenvalue weighted by Gasteiger charge is -2.32. The van der Waals surface area contributed by atoms with Gasteiger partial charge in [-0.1, -0.05) is 0 Å². The van der Waals surface area contributed by atoms with E-state index in [4.69, 9.17) is 9.31 Å². The fraction of sp³-hybridized carbons (Fsp3) is 0.533. The smallest absolute Gasteiger partial charge is 0.466 e. The number of phenolic OH excluding ortho intramolecular Hbond substituents is 2. The maximum absolute atomic E-state index is 11.2. The zero-order valence-electron chi connectivity index (χ0n) is 13.2. The standard InChI is InChI=1S/C15H21BO6/c1-14(2)15(3,4)22-16(21-14)11(8-13(19)20)10-7-9(17)5-6-12(10)18/h5-7,11,17-18H,8H2,1-4H3,(H,19,20). The van der Waals surface area contributed by atoms with Crippen molar-refractivity contribution in [2.45, 2.75) is 51.1 Å². The zero-order valence-corrected chi connectivity index (χ0v) is 13.2. The van der Waals surface area contributed by atoms with Crippen LogP contribution in [0.15, 0.2) is 18.2 Å². The number of carbonyl (C=O) groups is 1. The molecule has 7 heteroatoms. The van der Waals surface area contributed by atoms with Gasteiger partial charge >= 0.3 is 13.1 Å². The van der Waals surface area contributed by atoms with Crippen LogP contribution in [0.25, 0.3) is 0 Å². The van der Waals surface area contributed by atoms with E-state index in [0.717, 1.165) is 0 Å². The van der Waals surface area contributed by atoms with Gasteiger partial charge in [0.25, 0.3) is 0 Å². The summed E-state index contributed by atoms with van der Waals surface area (Å²) in [5, 5.41) is 28.8. The van der Waals surface area contributed by atoms with Crippen molar-refractivity contribution < 1.29 is 29.4 Å². The lowest BCUT2D eigenvalue weighted by molar-refractivity contribution is -0.137. The third kappa shape index (κ3) is 3.05. The Labute approximate surface area is 129 Å². The van der Waals surface area contributed by atoms with Crippen LogP contribution < -0.4 is 0 Å². The van der Waals surface area contributed by atoms with Gasteiger partial charge in [0.1, 0.15) is 11.5 Å². The number of carboxylic acids is 1. The molecule has 0 aliphatic carbocycles. The molecule has 0 aromatic heterocycles. The number of aromatic hydroxyl groups is 2. The molecule has 0 spiro atoms. The van der Waals surface area contributed by atoms with Gasteiger partial charge in [-0.15, -0.1) is 0 Å². The molecule has 0 bridgehead atoms. The highest BCUT2D eigenvalue weighted by Gasteiger charge is 2.54. The lowest BCUT2D eigenvalue weighted by Crippen LogP contribution is -2.41. The molecule has 1 atom stereocenters. The van der Waals surface area contributed by atoms with Crippen molar-refractivity contribution in [1.29, 1.82) is 0 Å². The summed E-state index contributed by atoms with van der Waals surface area (Å²) in [5.74, 6) is -1.92. The lowest BCUT2D eigenvalue weighted by atomic mass is 9.66. The average Bonchev–Trinajstić information content (AvgIpc) is 2.58. The summed E-state index contributed by atoms with van der Waals surface area (Å²) >= 11 is 0. The van der Waals surface area contributed by atoms with E-state index in [9.17, 15) is 20.1 Å². The first kappa shape index (κ1) is 16.6. The van der Waals surface area contributed by atoms with Gasteiger partial charge in [0.2, 0.25) is 0 Å². The Morgan fingerprint density at radius 1 is 1.18 bits per heavy atom. The first-order valence-electron chi connectivity index (χ1n) is 7.13. The second kappa shape index (κ2) is 5.48. The van der Waals surface area contributed by atoms with Crippen molar-refractivity contribution in [3.05, 3.63) is 23.8 Å². The van der Waals surface area contributed by atoms with E-state index in [-0.39, 0.29) is 17.9 Å². The van der Waals surface area contributed by atoms with E-state index in [0.29, 0.717) is 5.56 Å². The maximum Gasteiger partial charge on any atom is 0.466 e. The molecular weight excluding hydrogens is 287 g/mol. The maximum atomic E-state index is 11.2. The fourth-order valence-electron chi connectivity index (χ4n) is 2.43. The number of carboxylic acid groups (broad SMARTS) is 1. The van der Waals surface area contributed by atoms with Crippen LogP contribution in [0.2, 0.25) is 0 Å². The van der Waals surface area contributed by atoms with E-state index in [2.05, 4.69) is 0 Å². The van der Waals surface area contributed by atoms with Gasteiger partial charge in [-0.05, 0) is 51.5 Å². The van der Waals surface area contributed by atoms with Crippen molar-refractivity contribution in [3.8, 4) is 11.5 Å². The summed E-state index contributed by atoms with van der Waals surface area (Å²) in [7, 11) is -0.825. The van der Waals surface area contributed by atoms with Crippen LogP contribution >= 0.6 is 0 Å². The normalized spacial score (nSPS) is 20.8. The van der Waals surface area contributed by atoms with Crippen LogP contribution in [-0.4, -0.2) is 39.6 Å². The quantitative estimate of drug-likeness (QED) is 0.583. The van der Waals surface area contributed by atoms with Crippen molar-refractivity contribution in [1.82, 2.24) is 0 Å². The van der Waals surface area contributed by atoms with E-state index >= 15 is 0 Å². The molecule has 0 radical (unpaired) electrons. The molecule has 6 nitrogen and oxygen atoms in total. The molecule has 1 unspecified atom stereocenters. The van der Waals surface area contributed by atoms with Crippen LogP contribution in [0.1, 0.15) is 45.5 Å². The van der Waals surface area contributed by atoms with E-state index in [1.165, 1.54) is 18.2 Å². The number of aliphatic carboxylic acids is 1. The summed E-state index contributed by atoms with van der Waals surface area (Å²) in [4.78, 5) is 11.2. The number of hydrogen-bond acceptors (Lipinski definition) is 5. The van der Waals surface area contributed by atoms with Gasteiger partial charge in [-0.2, -0.15) is 0 Å². The SMILES string of the molecule is CC1(C)OB(C(CC(=O)O)c2cc(O)ccc2O)OC1(C)C. The molecule has 1 aliphatic heterocycles. The molecule has 1 aromatic carbocycles. The van der Waals surface area contributed by atoms with E-state index in [1.807, 2.05) is 27.7 Å². The molecule has 2 rings (SSSR count). The van der Waals surface area contributed by atoms with Crippen molar-refractivity contribution in [2.75, 3.05) is 0 Å². The molecule has 0 amide bonds. The van der Waals surface area contributed by atoms with Crippen LogP contribution in [0.3, 0.4) is 0 Å². The summed E-state index contributed by atoms with van der Waals surface area (Å²) in [6.45, 7) is 7.47. The molecule has 0 saturated carbocycles. The van der Waals surface area contributed by atoms with Crippen LogP contribution in [0.5, 0.6) is 11.5 Å². The summed E-state index contributed by atoms with van der Waals surface area (Å²) in [6.07, 6.45) is -0.284. The first-order chi connectivity index (χ1) is 10.0. The van der Waals surface area contributed by atoms with Gasteiger partial charge in [0, 0.05) is 5.82 Å². The zero-order chi connectivity index (χ0) is 16.7. The van der Waals surface area contributed by atoms with E-state index in [1.54, 1.807) is 0 Å². The summed E-state index contributed by atoms with van der Waals surface area (Å²) in [6, 6.07) is 4.00. The Bertz CT molecular complexity index is 567. The van der Waals surface area contributed by atoms with Gasteiger partial charge < -0.3 is 24.6 Å². The Balaban J connectivity index is 2.40. The highest BCUT2D eigenvalue weighted by molar-refractivity contribution is 6.48. The third-order valence-electron chi connectivity index (χ3n) is 4.41. The molecule has 1 saturated heterocycles. The second-order valence-corrected chi connectivity index (χ2v) is 6.57. The molecular formula is C15H21BO6. The largest absolute Gasteiger partial charge is 0.508 e. The minimum atomic E-state index is -1.04. The van der Waals surface area contributed by atoms with Crippen LogP contribution in [0.4, 0.5) is 0 Å². The summed E-state index contributed by atoms with van der Waals surface area (Å²) in [5.41, 5.74) is -0.928. The highest BCUT2D eigenvalue weighted by atomic mass is 16.7. The molecule has 120 valence electrons. The topological polar surface area (TPSA) is 96.2 Å². The summed E-state index contributed by atoms with van der Waals surface area (Å²) < 4.78 is 11.8. The van der Waals surface area contributed by atoms with E-state index < -0.39 is 30.1 Å². The van der Waals surface area contributed by atoms with Crippen LogP contribution in [0, 0.1) is 0 Å². The van der Waals surface area contributed by atoms with Gasteiger partial charge in [-0.25, -0.2) is 0 Å². The number of benzene rings is 1. The first-order valence-corrected chi connectivity index (χ1v) is 7.13. The predicted molar refractivity (Wildman–Crippen MR) is 80.8 cm³/mol. The molecule has 1 aromatic rings. The highest BCUT2D eigenvalue weighted by Crippen LogP contribution is 2.43. The van der Waals surface area contributed by atoms with Crippen molar-refractivity contribution >= 4 is 13.1 Å². The monoisotopic (exact) mass is 308 g/mol. The minimum absolute atomic E-state index is 0.0558. The van der Waals surface area contributed by atoms with Gasteiger partial charge in [0.15, 0.2) is 0 Å². The number of hydrogen-bond donors (Lipinski definition) is 3. The van der Waals surface area contributed by atoms with Crippen molar-refractivity contribution in [3.63, 3.8) is 0 Å². The Kier molecular flexibility index (Phi) is 4.15. The van der Waals surface area contributed by atoms with Gasteiger partial charge in [-0.3, -0.25) is 4.79 Å².